The van der Waals surface area contributed by atoms with Crippen molar-refractivity contribution >= 4 is 33.2 Å². The van der Waals surface area contributed by atoms with Crippen molar-refractivity contribution < 1.29 is 13.3 Å². The van der Waals surface area contributed by atoms with Crippen LogP contribution in [0.2, 0.25) is 0 Å². The van der Waals surface area contributed by atoms with Gasteiger partial charge in [-0.25, -0.2) is 13.1 Å². The Bertz CT molecular complexity index is 1080. The summed E-state index contributed by atoms with van der Waals surface area (Å²) in [5.74, 6) is -0.0727. The van der Waals surface area contributed by atoms with Crippen molar-refractivity contribution in [3.8, 4) is 10.6 Å². The molecular weight excluding hydrogens is 376 g/mol. The third kappa shape index (κ3) is 3.55. The lowest BCUT2D eigenvalue weighted by Crippen LogP contribution is -2.15. The largest absolute Gasteiger partial charge is 0.273 e. The summed E-state index contributed by atoms with van der Waals surface area (Å²) in [4.78, 5) is 14.5. The zero-order valence-electron chi connectivity index (χ0n) is 13.8. The molecule has 0 saturated carbocycles. The van der Waals surface area contributed by atoms with Gasteiger partial charge < -0.3 is 0 Å². The van der Waals surface area contributed by atoms with E-state index in [4.69, 9.17) is 0 Å². The molecule has 0 aliphatic heterocycles. The minimum Gasteiger partial charge on any atom is -0.258 e. The fraction of sp³-hybridized carbons (Fsp3) is 0.125. The highest BCUT2D eigenvalue weighted by atomic mass is 32.2. The fourth-order valence-corrected chi connectivity index (χ4v) is 4.32. The zero-order chi connectivity index (χ0) is 18.9. The summed E-state index contributed by atoms with van der Waals surface area (Å²) in [6.45, 7) is 3.14. The van der Waals surface area contributed by atoms with Crippen molar-refractivity contribution in [2.75, 3.05) is 4.72 Å². The maximum atomic E-state index is 12.6. The van der Waals surface area contributed by atoms with E-state index in [-0.39, 0.29) is 16.5 Å². The van der Waals surface area contributed by atoms with Crippen LogP contribution in [-0.4, -0.2) is 22.7 Å². The lowest BCUT2D eigenvalue weighted by molar-refractivity contribution is -0.385. The molecule has 0 spiro atoms. The minimum atomic E-state index is -4.06. The van der Waals surface area contributed by atoms with Gasteiger partial charge in [0.05, 0.1) is 9.82 Å². The number of hydrogen-bond donors (Lipinski definition) is 1. The number of benzene rings is 2. The van der Waals surface area contributed by atoms with Crippen molar-refractivity contribution in [2.24, 2.45) is 0 Å². The van der Waals surface area contributed by atoms with Crippen LogP contribution in [0.4, 0.5) is 11.6 Å². The van der Waals surface area contributed by atoms with Gasteiger partial charge in [-0.05, 0) is 37.0 Å². The topological polar surface area (TPSA) is 115 Å². The van der Waals surface area contributed by atoms with Gasteiger partial charge in [-0.2, -0.15) is 9.36 Å². The molecule has 0 saturated heterocycles. The van der Waals surface area contributed by atoms with E-state index < -0.39 is 14.9 Å². The first-order valence-corrected chi connectivity index (χ1v) is 9.71. The molecule has 0 bridgehead atoms. The first kappa shape index (κ1) is 18.0. The molecule has 0 unspecified atom stereocenters. The van der Waals surface area contributed by atoms with Crippen LogP contribution < -0.4 is 4.72 Å². The summed E-state index contributed by atoms with van der Waals surface area (Å²) < 4.78 is 31.6. The van der Waals surface area contributed by atoms with Gasteiger partial charge >= 0.3 is 0 Å². The third-order valence-electron chi connectivity index (χ3n) is 3.65. The Morgan fingerprint density at radius 3 is 2.46 bits per heavy atom. The Hall–Kier alpha value is -2.85. The summed E-state index contributed by atoms with van der Waals surface area (Å²) in [5, 5.41) is 11.7. The molecule has 8 nitrogen and oxygen atoms in total. The number of sulfonamides is 1. The highest BCUT2D eigenvalue weighted by Gasteiger charge is 2.24. The molecule has 134 valence electrons. The number of nitrogens with zero attached hydrogens (tertiary/aromatic N) is 3. The Kier molecular flexibility index (Phi) is 4.70. The number of nitro benzene ring substituents is 1. The van der Waals surface area contributed by atoms with E-state index in [0.717, 1.165) is 23.2 Å². The molecule has 26 heavy (non-hydrogen) atoms. The molecule has 3 aromatic rings. The zero-order valence-corrected chi connectivity index (χ0v) is 15.5. The van der Waals surface area contributed by atoms with Crippen molar-refractivity contribution in [2.45, 2.75) is 18.7 Å². The third-order valence-corrected chi connectivity index (χ3v) is 5.89. The normalized spacial score (nSPS) is 11.3. The van der Waals surface area contributed by atoms with Gasteiger partial charge in [0.25, 0.3) is 15.7 Å². The number of nitrogens with one attached hydrogen (secondary N) is 1. The summed E-state index contributed by atoms with van der Waals surface area (Å²) in [5.41, 5.74) is 1.36. The van der Waals surface area contributed by atoms with Crippen LogP contribution >= 0.6 is 11.5 Å². The van der Waals surface area contributed by atoms with Gasteiger partial charge in [0.2, 0.25) is 5.95 Å². The molecule has 1 N–H and O–H groups in total. The molecule has 0 atom stereocenters. The van der Waals surface area contributed by atoms with E-state index in [0.29, 0.717) is 16.1 Å². The maximum absolute atomic E-state index is 12.6. The Labute approximate surface area is 153 Å². The second kappa shape index (κ2) is 6.81. The number of rotatable bonds is 5. The van der Waals surface area contributed by atoms with Crippen LogP contribution in [0, 0.1) is 24.0 Å². The molecule has 2 aromatic carbocycles. The number of aryl methyl sites for hydroxylation is 2. The van der Waals surface area contributed by atoms with E-state index in [1.165, 1.54) is 6.07 Å². The molecule has 3 rings (SSSR count). The van der Waals surface area contributed by atoms with Crippen LogP contribution in [0.15, 0.2) is 47.4 Å². The Morgan fingerprint density at radius 2 is 1.81 bits per heavy atom. The fourth-order valence-electron chi connectivity index (χ4n) is 2.45. The van der Waals surface area contributed by atoms with E-state index in [2.05, 4.69) is 14.1 Å². The van der Waals surface area contributed by atoms with E-state index >= 15 is 0 Å². The summed E-state index contributed by atoms with van der Waals surface area (Å²) in [6.07, 6.45) is 0. The highest BCUT2D eigenvalue weighted by molar-refractivity contribution is 7.92. The average Bonchev–Trinajstić information content (AvgIpc) is 3.02. The van der Waals surface area contributed by atoms with Crippen LogP contribution in [0.3, 0.4) is 0 Å². The second-order valence-corrected chi connectivity index (χ2v) is 7.96. The molecule has 1 aromatic heterocycles. The molecule has 0 radical (unpaired) electrons. The lowest BCUT2D eigenvalue weighted by atomic mass is 10.1. The molecule has 0 amide bonds. The van der Waals surface area contributed by atoms with Gasteiger partial charge in [-0.15, -0.1) is 0 Å². The van der Waals surface area contributed by atoms with Gasteiger partial charge in [-0.1, -0.05) is 30.3 Å². The van der Waals surface area contributed by atoms with Crippen LogP contribution in [0.5, 0.6) is 0 Å². The predicted molar refractivity (Wildman–Crippen MR) is 98.7 cm³/mol. The van der Waals surface area contributed by atoms with Crippen molar-refractivity contribution in [3.05, 3.63) is 63.7 Å². The second-order valence-electron chi connectivity index (χ2n) is 5.56. The van der Waals surface area contributed by atoms with Gasteiger partial charge in [0, 0.05) is 17.2 Å². The van der Waals surface area contributed by atoms with Crippen molar-refractivity contribution in [1.82, 2.24) is 9.36 Å². The average molecular weight is 390 g/mol. The van der Waals surface area contributed by atoms with Gasteiger partial charge in [-0.3, -0.25) is 10.1 Å². The number of aromatic nitrogens is 2. The standard InChI is InChI=1S/C16H14N4O4S2/c1-10-8-11(2)14(9-13(10)20(21)22)26(23,24)19-16-17-15(25-18-16)12-6-4-3-5-7-12/h3-9H,1-2H3,(H,18,19). The quantitative estimate of drug-likeness (QED) is 0.526. The van der Waals surface area contributed by atoms with Crippen molar-refractivity contribution in [1.29, 1.82) is 0 Å². The Balaban J connectivity index is 1.94. The summed E-state index contributed by atoms with van der Waals surface area (Å²) in [6, 6.07) is 11.7. The molecule has 0 aliphatic rings. The highest BCUT2D eigenvalue weighted by Crippen LogP contribution is 2.28. The van der Waals surface area contributed by atoms with Crippen LogP contribution in [-0.2, 0) is 10.0 Å². The smallest absolute Gasteiger partial charge is 0.258 e. The molecule has 0 aliphatic carbocycles. The minimum absolute atomic E-state index is 0.0727. The lowest BCUT2D eigenvalue weighted by Gasteiger charge is -2.09. The Morgan fingerprint density at radius 1 is 1.12 bits per heavy atom. The van der Waals surface area contributed by atoms with Gasteiger partial charge in [0.15, 0.2) is 0 Å². The molecular formula is C16H14N4O4S2. The first-order valence-electron chi connectivity index (χ1n) is 7.45. The summed E-state index contributed by atoms with van der Waals surface area (Å²) in [7, 11) is -4.06. The van der Waals surface area contributed by atoms with Crippen molar-refractivity contribution in [3.63, 3.8) is 0 Å². The van der Waals surface area contributed by atoms with E-state index in [1.807, 2.05) is 30.3 Å². The molecule has 1 heterocycles. The maximum Gasteiger partial charge on any atom is 0.273 e. The summed E-state index contributed by atoms with van der Waals surface area (Å²) >= 11 is 1.06. The first-order chi connectivity index (χ1) is 12.3. The van der Waals surface area contributed by atoms with Crippen LogP contribution in [0.25, 0.3) is 10.6 Å². The SMILES string of the molecule is Cc1cc(C)c(S(=O)(=O)Nc2nsc(-c3ccccc3)n2)cc1[N+](=O)[O-]. The number of hydrogen-bond acceptors (Lipinski definition) is 7. The monoisotopic (exact) mass is 390 g/mol. The van der Waals surface area contributed by atoms with E-state index in [1.54, 1.807) is 13.8 Å². The van der Waals surface area contributed by atoms with Crippen LogP contribution in [0.1, 0.15) is 11.1 Å². The predicted octanol–water partition coefficient (Wildman–Crippen LogP) is 3.53. The molecule has 0 fully saturated rings. The number of anilines is 1. The number of nitro groups is 1. The van der Waals surface area contributed by atoms with E-state index in [9.17, 15) is 18.5 Å². The van der Waals surface area contributed by atoms with Gasteiger partial charge in [0.1, 0.15) is 5.01 Å². The molecule has 10 heteroatoms.